The van der Waals surface area contributed by atoms with E-state index in [1.165, 1.54) is 18.3 Å². The highest BCUT2D eigenvalue weighted by Gasteiger charge is 2.28. The van der Waals surface area contributed by atoms with Gasteiger partial charge in [0.25, 0.3) is 0 Å². The second-order valence-corrected chi connectivity index (χ2v) is 7.85. The number of amides is 1. The molecule has 23 heavy (non-hydrogen) atoms. The molecule has 1 saturated heterocycles. The van der Waals surface area contributed by atoms with E-state index in [-0.39, 0.29) is 11.0 Å². The van der Waals surface area contributed by atoms with Crippen LogP contribution >= 0.6 is 0 Å². The van der Waals surface area contributed by atoms with E-state index in [2.05, 4.69) is 4.98 Å². The molecule has 8 nitrogen and oxygen atoms in total. The van der Waals surface area contributed by atoms with Crippen molar-refractivity contribution in [3.63, 3.8) is 0 Å². The monoisotopic (exact) mass is 342 g/mol. The van der Waals surface area contributed by atoms with Crippen LogP contribution in [0.15, 0.2) is 23.2 Å². The molecule has 0 unspecified atom stereocenters. The number of nitrogens with zero attached hydrogens (tertiary/aromatic N) is 3. The van der Waals surface area contributed by atoms with Crippen LogP contribution in [0.4, 0.5) is 10.6 Å². The van der Waals surface area contributed by atoms with Crippen LogP contribution in [0.5, 0.6) is 0 Å². The number of carbonyl (C=O) groups excluding carboxylic acids is 1. The molecule has 128 valence electrons. The van der Waals surface area contributed by atoms with E-state index in [1.54, 1.807) is 9.80 Å². The summed E-state index contributed by atoms with van der Waals surface area (Å²) >= 11 is 0. The molecule has 0 aliphatic carbocycles. The van der Waals surface area contributed by atoms with Crippen LogP contribution in [0.25, 0.3) is 0 Å². The van der Waals surface area contributed by atoms with E-state index < -0.39 is 15.6 Å². The number of primary sulfonamides is 1. The van der Waals surface area contributed by atoms with Crippen LogP contribution in [-0.2, 0) is 14.8 Å². The Balaban J connectivity index is 2.07. The second-order valence-electron chi connectivity index (χ2n) is 6.32. The summed E-state index contributed by atoms with van der Waals surface area (Å²) in [5.41, 5.74) is -0.546. The van der Waals surface area contributed by atoms with Gasteiger partial charge in [0.1, 0.15) is 16.3 Å². The standard InChI is InChI=1S/C14H22N4O4S/c1-14(2,3)22-13(19)18-9-7-17(8-10-18)12-11(23(15,20)21)5-4-6-16-12/h4-6H,7-10H2,1-3H3,(H2,15,20,21). The summed E-state index contributed by atoms with van der Waals surface area (Å²) in [6, 6.07) is 2.96. The van der Waals surface area contributed by atoms with E-state index in [1.807, 2.05) is 20.8 Å². The first-order valence-corrected chi connectivity index (χ1v) is 8.83. The van der Waals surface area contributed by atoms with Gasteiger partial charge in [-0.3, -0.25) is 0 Å². The van der Waals surface area contributed by atoms with Gasteiger partial charge in [-0.2, -0.15) is 0 Å². The Hall–Kier alpha value is -1.87. The van der Waals surface area contributed by atoms with Gasteiger partial charge in [0.2, 0.25) is 10.0 Å². The van der Waals surface area contributed by atoms with Crippen LogP contribution in [0.3, 0.4) is 0 Å². The van der Waals surface area contributed by atoms with Crippen LogP contribution in [0, 0.1) is 0 Å². The second kappa shape index (κ2) is 6.32. The Kier molecular flexibility index (Phi) is 4.81. The molecule has 0 atom stereocenters. The van der Waals surface area contributed by atoms with Crippen LogP contribution in [-0.4, -0.2) is 56.2 Å². The van der Waals surface area contributed by atoms with Crippen molar-refractivity contribution in [2.24, 2.45) is 5.14 Å². The maximum Gasteiger partial charge on any atom is 0.410 e. The molecule has 2 rings (SSSR count). The third kappa shape index (κ3) is 4.55. The molecule has 1 aliphatic heterocycles. The van der Waals surface area contributed by atoms with Gasteiger partial charge in [0.05, 0.1) is 0 Å². The molecule has 0 radical (unpaired) electrons. The average molecular weight is 342 g/mol. The zero-order valence-electron chi connectivity index (χ0n) is 13.5. The predicted octanol–water partition coefficient (Wildman–Crippen LogP) is 0.786. The fraction of sp³-hybridized carbons (Fsp3) is 0.571. The fourth-order valence-electron chi connectivity index (χ4n) is 2.27. The minimum absolute atomic E-state index is 0.00859. The first-order chi connectivity index (χ1) is 10.6. The number of carbonyl (C=O) groups is 1. The third-order valence-electron chi connectivity index (χ3n) is 3.29. The van der Waals surface area contributed by atoms with Crippen molar-refractivity contribution >= 4 is 21.9 Å². The van der Waals surface area contributed by atoms with Gasteiger partial charge in [-0.15, -0.1) is 0 Å². The summed E-state index contributed by atoms with van der Waals surface area (Å²) in [5, 5.41) is 5.23. The van der Waals surface area contributed by atoms with Gasteiger partial charge < -0.3 is 14.5 Å². The van der Waals surface area contributed by atoms with Crippen molar-refractivity contribution in [3.05, 3.63) is 18.3 Å². The molecule has 9 heteroatoms. The highest BCUT2D eigenvalue weighted by molar-refractivity contribution is 7.89. The summed E-state index contributed by atoms with van der Waals surface area (Å²) in [4.78, 5) is 19.6. The van der Waals surface area contributed by atoms with Gasteiger partial charge in [0.15, 0.2) is 0 Å². The molecule has 1 aliphatic rings. The maximum absolute atomic E-state index is 12.0. The Morgan fingerprint density at radius 3 is 2.39 bits per heavy atom. The smallest absolute Gasteiger partial charge is 0.410 e. The Morgan fingerprint density at radius 2 is 1.87 bits per heavy atom. The van der Waals surface area contributed by atoms with Crippen molar-refractivity contribution in [1.29, 1.82) is 0 Å². The number of rotatable bonds is 2. The lowest BCUT2D eigenvalue weighted by Crippen LogP contribution is -2.50. The van der Waals surface area contributed by atoms with Crippen molar-refractivity contribution < 1.29 is 17.9 Å². The minimum atomic E-state index is -3.85. The number of hydrogen-bond acceptors (Lipinski definition) is 6. The summed E-state index contributed by atoms with van der Waals surface area (Å²) < 4.78 is 28.6. The molecule has 2 heterocycles. The average Bonchev–Trinajstić information content (AvgIpc) is 2.45. The van der Waals surface area contributed by atoms with Gasteiger partial charge in [-0.25, -0.2) is 23.3 Å². The SMILES string of the molecule is CC(C)(C)OC(=O)N1CCN(c2ncccc2S(N)(=O)=O)CC1. The number of sulfonamides is 1. The van der Waals surface area contributed by atoms with Gasteiger partial charge in [-0.1, -0.05) is 0 Å². The zero-order chi connectivity index (χ0) is 17.3. The van der Waals surface area contributed by atoms with Crippen molar-refractivity contribution in [1.82, 2.24) is 9.88 Å². The van der Waals surface area contributed by atoms with Crippen molar-refractivity contribution in [2.45, 2.75) is 31.3 Å². The molecule has 1 aromatic heterocycles. The molecule has 1 amide bonds. The number of piperazine rings is 1. The van der Waals surface area contributed by atoms with E-state index >= 15 is 0 Å². The number of aromatic nitrogens is 1. The Labute approximate surface area is 136 Å². The maximum atomic E-state index is 12.0. The van der Waals surface area contributed by atoms with Crippen molar-refractivity contribution in [2.75, 3.05) is 31.1 Å². The van der Waals surface area contributed by atoms with E-state index in [4.69, 9.17) is 9.88 Å². The largest absolute Gasteiger partial charge is 0.444 e. The van der Waals surface area contributed by atoms with Crippen LogP contribution < -0.4 is 10.0 Å². The number of hydrogen-bond donors (Lipinski definition) is 1. The lowest BCUT2D eigenvalue weighted by Gasteiger charge is -2.36. The fourth-order valence-corrected chi connectivity index (χ4v) is 2.97. The molecule has 2 N–H and O–H groups in total. The molecule has 1 aromatic rings. The summed E-state index contributed by atoms with van der Waals surface area (Å²) in [5.74, 6) is 0.318. The predicted molar refractivity (Wildman–Crippen MR) is 85.6 cm³/mol. The minimum Gasteiger partial charge on any atom is -0.444 e. The first-order valence-electron chi connectivity index (χ1n) is 7.28. The van der Waals surface area contributed by atoms with Crippen LogP contribution in [0.1, 0.15) is 20.8 Å². The summed E-state index contributed by atoms with van der Waals surface area (Å²) in [7, 11) is -3.85. The zero-order valence-corrected chi connectivity index (χ0v) is 14.3. The molecule has 0 aromatic carbocycles. The highest BCUT2D eigenvalue weighted by atomic mass is 32.2. The third-order valence-corrected chi connectivity index (χ3v) is 4.22. The molecule has 1 fully saturated rings. The quantitative estimate of drug-likeness (QED) is 0.851. The molecule has 0 saturated carbocycles. The number of ether oxygens (including phenoxy) is 1. The van der Waals surface area contributed by atoms with E-state index in [0.717, 1.165) is 0 Å². The molecule has 0 bridgehead atoms. The molecular weight excluding hydrogens is 320 g/mol. The topological polar surface area (TPSA) is 106 Å². The Morgan fingerprint density at radius 1 is 1.26 bits per heavy atom. The first kappa shape index (κ1) is 17.5. The summed E-state index contributed by atoms with van der Waals surface area (Å²) in [6.45, 7) is 7.21. The van der Waals surface area contributed by atoms with Gasteiger partial charge in [-0.05, 0) is 32.9 Å². The van der Waals surface area contributed by atoms with E-state index in [0.29, 0.717) is 32.0 Å². The van der Waals surface area contributed by atoms with Crippen molar-refractivity contribution in [3.8, 4) is 0 Å². The lowest BCUT2D eigenvalue weighted by atomic mass is 10.2. The molecule has 0 spiro atoms. The highest BCUT2D eigenvalue weighted by Crippen LogP contribution is 2.22. The summed E-state index contributed by atoms with van der Waals surface area (Å²) in [6.07, 6.45) is 1.15. The lowest BCUT2D eigenvalue weighted by molar-refractivity contribution is 0.0240. The van der Waals surface area contributed by atoms with Crippen LogP contribution in [0.2, 0.25) is 0 Å². The molecular formula is C14H22N4O4S. The Bertz CT molecular complexity index is 676. The number of pyridine rings is 1. The number of anilines is 1. The van der Waals surface area contributed by atoms with Gasteiger partial charge >= 0.3 is 6.09 Å². The van der Waals surface area contributed by atoms with E-state index in [9.17, 15) is 13.2 Å². The number of nitrogens with two attached hydrogens (primary N) is 1. The normalized spacial score (nSPS) is 16.3. The van der Waals surface area contributed by atoms with Gasteiger partial charge in [0, 0.05) is 32.4 Å².